The Kier molecular flexibility index (Phi) is 4.03. The van der Waals surface area contributed by atoms with Gasteiger partial charge in [0.1, 0.15) is 0 Å². The molecule has 0 saturated carbocycles. The zero-order valence-electron chi connectivity index (χ0n) is 7.51. The molecule has 0 aliphatic rings. The predicted molar refractivity (Wildman–Crippen MR) is 58.0 cm³/mol. The van der Waals surface area contributed by atoms with E-state index in [1.807, 2.05) is 6.92 Å². The summed E-state index contributed by atoms with van der Waals surface area (Å²) in [5.74, 6) is 0.173. The number of thioether (sulfide) groups is 1. The molecule has 1 heterocycles. The van der Waals surface area contributed by atoms with E-state index in [1.54, 1.807) is 18.3 Å². The van der Waals surface area contributed by atoms with E-state index in [9.17, 15) is 0 Å². The quantitative estimate of drug-likeness (QED) is 0.274. The number of nitrogens with zero attached hydrogens (tertiary/aromatic N) is 2. The smallest absolute Gasteiger partial charge is 0.152 e. The van der Waals surface area contributed by atoms with E-state index >= 15 is 0 Å². The van der Waals surface area contributed by atoms with E-state index < -0.39 is 0 Å². The summed E-state index contributed by atoms with van der Waals surface area (Å²) in [6.07, 6.45) is 1.56. The molecule has 1 atom stereocenters. The highest BCUT2D eigenvalue weighted by Crippen LogP contribution is 2.21. The summed E-state index contributed by atoms with van der Waals surface area (Å²) in [6.45, 7) is 1.83. The molecule has 0 aliphatic carbocycles. The number of hydrogen-bond donors (Lipinski definition) is 2. The summed E-state index contributed by atoms with van der Waals surface area (Å²) >= 11 is 7.08. The lowest BCUT2D eigenvalue weighted by molar-refractivity contribution is 0.317. The lowest BCUT2D eigenvalue weighted by atomic mass is 10.4. The normalized spacial score (nSPS) is 14.0. The van der Waals surface area contributed by atoms with E-state index in [-0.39, 0.29) is 11.1 Å². The van der Waals surface area contributed by atoms with E-state index in [1.165, 1.54) is 11.8 Å². The van der Waals surface area contributed by atoms with Crippen LogP contribution in [-0.4, -0.2) is 21.3 Å². The maximum absolute atomic E-state index is 8.44. The van der Waals surface area contributed by atoms with Gasteiger partial charge >= 0.3 is 0 Å². The van der Waals surface area contributed by atoms with Gasteiger partial charge in [0, 0.05) is 6.20 Å². The first-order chi connectivity index (χ1) is 6.63. The van der Waals surface area contributed by atoms with Gasteiger partial charge in [0.05, 0.1) is 15.3 Å². The maximum Gasteiger partial charge on any atom is 0.152 e. The Morgan fingerprint density at radius 2 is 2.43 bits per heavy atom. The standard InChI is InChI=1S/C8H10ClN3OS/c1-5(8(10)12-13)14-7-3-2-6(9)4-11-7/h2-5,13H,1H3,(H2,10,12). The molecule has 0 spiro atoms. The second-order valence-electron chi connectivity index (χ2n) is 2.60. The largest absolute Gasteiger partial charge is 0.409 e. The van der Waals surface area contributed by atoms with Crippen LogP contribution >= 0.6 is 23.4 Å². The van der Waals surface area contributed by atoms with E-state index in [2.05, 4.69) is 10.1 Å². The molecule has 76 valence electrons. The van der Waals surface area contributed by atoms with Crippen molar-refractivity contribution in [3.8, 4) is 0 Å². The number of halogens is 1. The highest BCUT2D eigenvalue weighted by Gasteiger charge is 2.09. The second kappa shape index (κ2) is 5.07. The topological polar surface area (TPSA) is 71.5 Å². The van der Waals surface area contributed by atoms with Crippen molar-refractivity contribution in [3.63, 3.8) is 0 Å². The minimum atomic E-state index is -0.117. The summed E-state index contributed by atoms with van der Waals surface area (Å²) in [5.41, 5.74) is 5.42. The van der Waals surface area contributed by atoms with Crippen molar-refractivity contribution in [1.29, 1.82) is 0 Å². The minimum Gasteiger partial charge on any atom is -0.409 e. The molecule has 4 nitrogen and oxygen atoms in total. The first-order valence-corrected chi connectivity index (χ1v) is 5.15. The monoisotopic (exact) mass is 231 g/mol. The average Bonchev–Trinajstić information content (AvgIpc) is 2.20. The predicted octanol–water partition coefficient (Wildman–Crippen LogP) is 1.96. The first kappa shape index (κ1) is 11.1. The number of oxime groups is 1. The highest BCUT2D eigenvalue weighted by molar-refractivity contribution is 8.00. The SMILES string of the molecule is CC(Sc1ccc(Cl)cn1)C(N)=NO. The van der Waals surface area contributed by atoms with Gasteiger partial charge in [0.25, 0.3) is 0 Å². The van der Waals surface area contributed by atoms with Crippen LogP contribution in [0, 0.1) is 0 Å². The van der Waals surface area contributed by atoms with Crippen LogP contribution in [0.5, 0.6) is 0 Å². The van der Waals surface area contributed by atoms with Gasteiger partial charge in [0.15, 0.2) is 5.84 Å². The van der Waals surface area contributed by atoms with Gasteiger partial charge in [-0.15, -0.1) is 0 Å². The Morgan fingerprint density at radius 3 is 2.93 bits per heavy atom. The maximum atomic E-state index is 8.44. The van der Waals surface area contributed by atoms with Crippen LogP contribution < -0.4 is 5.73 Å². The Bertz CT molecular complexity index is 328. The minimum absolute atomic E-state index is 0.117. The van der Waals surface area contributed by atoms with Crippen molar-refractivity contribution in [2.24, 2.45) is 10.9 Å². The number of pyridine rings is 1. The summed E-state index contributed by atoms with van der Waals surface area (Å²) < 4.78 is 0. The summed E-state index contributed by atoms with van der Waals surface area (Å²) in [5, 5.41) is 12.6. The van der Waals surface area contributed by atoms with Crippen molar-refractivity contribution in [1.82, 2.24) is 4.98 Å². The molecular weight excluding hydrogens is 222 g/mol. The fraction of sp³-hybridized carbons (Fsp3) is 0.250. The average molecular weight is 232 g/mol. The summed E-state index contributed by atoms with van der Waals surface area (Å²) in [6, 6.07) is 3.53. The van der Waals surface area contributed by atoms with Crippen LogP contribution in [0.4, 0.5) is 0 Å². The molecule has 0 fully saturated rings. The molecule has 1 aromatic heterocycles. The molecule has 1 rings (SSSR count). The number of amidine groups is 1. The van der Waals surface area contributed by atoms with Crippen LogP contribution in [-0.2, 0) is 0 Å². The van der Waals surface area contributed by atoms with Crippen molar-refractivity contribution in [3.05, 3.63) is 23.4 Å². The lowest BCUT2D eigenvalue weighted by Gasteiger charge is -2.07. The highest BCUT2D eigenvalue weighted by atomic mass is 35.5. The first-order valence-electron chi connectivity index (χ1n) is 3.89. The van der Waals surface area contributed by atoms with Crippen molar-refractivity contribution in [2.75, 3.05) is 0 Å². The van der Waals surface area contributed by atoms with E-state index in [4.69, 9.17) is 22.5 Å². The summed E-state index contributed by atoms with van der Waals surface area (Å²) in [7, 11) is 0. The van der Waals surface area contributed by atoms with Crippen molar-refractivity contribution < 1.29 is 5.21 Å². The molecule has 0 aliphatic heterocycles. The van der Waals surface area contributed by atoms with Crippen LogP contribution in [0.15, 0.2) is 28.5 Å². The zero-order chi connectivity index (χ0) is 10.6. The molecule has 0 bridgehead atoms. The molecule has 14 heavy (non-hydrogen) atoms. The molecule has 6 heteroatoms. The van der Waals surface area contributed by atoms with Gasteiger partial charge in [-0.05, 0) is 19.1 Å². The Hall–Kier alpha value is -0.940. The van der Waals surface area contributed by atoms with E-state index in [0.29, 0.717) is 5.02 Å². The molecule has 0 amide bonds. The van der Waals surface area contributed by atoms with E-state index in [0.717, 1.165) is 5.03 Å². The van der Waals surface area contributed by atoms with Crippen LogP contribution in [0.1, 0.15) is 6.92 Å². The number of nitrogens with two attached hydrogens (primary N) is 1. The molecule has 0 radical (unpaired) electrons. The van der Waals surface area contributed by atoms with Gasteiger partial charge in [0.2, 0.25) is 0 Å². The molecule has 0 aromatic carbocycles. The summed E-state index contributed by atoms with van der Waals surface area (Å²) in [4.78, 5) is 4.07. The van der Waals surface area contributed by atoms with Gasteiger partial charge < -0.3 is 10.9 Å². The number of hydrogen-bond acceptors (Lipinski definition) is 4. The Morgan fingerprint density at radius 1 is 1.71 bits per heavy atom. The third kappa shape index (κ3) is 3.08. The van der Waals surface area contributed by atoms with Gasteiger partial charge in [-0.2, -0.15) is 0 Å². The van der Waals surface area contributed by atoms with Gasteiger partial charge in [-0.1, -0.05) is 28.5 Å². The molecule has 3 N–H and O–H groups in total. The zero-order valence-corrected chi connectivity index (χ0v) is 9.09. The van der Waals surface area contributed by atoms with Crippen LogP contribution in [0.2, 0.25) is 5.02 Å². The number of aromatic nitrogens is 1. The molecular formula is C8H10ClN3OS. The van der Waals surface area contributed by atoms with Crippen LogP contribution in [0.25, 0.3) is 0 Å². The third-order valence-electron chi connectivity index (χ3n) is 1.53. The Balaban J connectivity index is 2.65. The van der Waals surface area contributed by atoms with Crippen molar-refractivity contribution in [2.45, 2.75) is 17.2 Å². The van der Waals surface area contributed by atoms with Crippen LogP contribution in [0.3, 0.4) is 0 Å². The fourth-order valence-electron chi connectivity index (χ4n) is 0.755. The molecule has 0 saturated heterocycles. The molecule has 1 aromatic rings. The van der Waals surface area contributed by atoms with Crippen molar-refractivity contribution >= 4 is 29.2 Å². The van der Waals surface area contributed by atoms with Gasteiger partial charge in [-0.3, -0.25) is 0 Å². The molecule has 1 unspecified atom stereocenters. The van der Waals surface area contributed by atoms with Gasteiger partial charge in [-0.25, -0.2) is 4.98 Å². The Labute approximate surface area is 91.2 Å². The fourth-order valence-corrected chi connectivity index (χ4v) is 1.66. The number of rotatable bonds is 3. The third-order valence-corrected chi connectivity index (χ3v) is 2.83. The lowest BCUT2D eigenvalue weighted by Crippen LogP contribution is -2.23. The second-order valence-corrected chi connectivity index (χ2v) is 4.40.